The molecule has 122 valence electrons. The smallest absolute Gasteiger partial charge is 0.310 e. The van der Waals surface area contributed by atoms with Crippen molar-refractivity contribution in [1.29, 1.82) is 0 Å². The topological polar surface area (TPSA) is 44.1 Å². The first kappa shape index (κ1) is 16.6. The van der Waals surface area contributed by atoms with Gasteiger partial charge in [0.25, 0.3) is 0 Å². The molecule has 0 aliphatic rings. The second-order valence-corrected chi connectivity index (χ2v) is 6.02. The molecule has 0 bridgehead atoms. The van der Waals surface area contributed by atoms with Crippen LogP contribution in [0.1, 0.15) is 11.1 Å². The largest absolute Gasteiger partial charge is 0.461 e. The van der Waals surface area contributed by atoms with E-state index in [1.165, 1.54) is 0 Å². The molecule has 3 aromatic rings. The number of esters is 1. The number of halogens is 2. The van der Waals surface area contributed by atoms with Gasteiger partial charge in [-0.15, -0.1) is 0 Å². The van der Waals surface area contributed by atoms with Crippen LogP contribution in [0.15, 0.2) is 60.9 Å². The number of hydrogen-bond acceptors (Lipinski definition) is 3. The molecule has 1 heterocycles. The van der Waals surface area contributed by atoms with E-state index in [2.05, 4.69) is 5.10 Å². The minimum atomic E-state index is -0.315. The highest BCUT2D eigenvalue weighted by atomic mass is 35.5. The Balaban J connectivity index is 1.55. The molecule has 0 unspecified atom stereocenters. The molecule has 0 atom stereocenters. The van der Waals surface area contributed by atoms with Gasteiger partial charge in [0.1, 0.15) is 6.61 Å². The van der Waals surface area contributed by atoms with Crippen LogP contribution in [-0.2, 0) is 22.6 Å². The van der Waals surface area contributed by atoms with Gasteiger partial charge in [0, 0.05) is 12.4 Å². The Kier molecular flexibility index (Phi) is 5.18. The van der Waals surface area contributed by atoms with Gasteiger partial charge in [0.15, 0.2) is 0 Å². The number of carbonyl (C=O) groups excluding carboxylic acids is 1. The molecule has 1 aromatic heterocycles. The van der Waals surface area contributed by atoms with Crippen molar-refractivity contribution in [3.63, 3.8) is 0 Å². The zero-order valence-electron chi connectivity index (χ0n) is 12.7. The highest BCUT2D eigenvalue weighted by Gasteiger charge is 2.07. The summed E-state index contributed by atoms with van der Waals surface area (Å²) in [5, 5.41) is 5.05. The average molecular weight is 361 g/mol. The van der Waals surface area contributed by atoms with Crippen LogP contribution in [0, 0.1) is 0 Å². The fourth-order valence-electron chi connectivity index (χ4n) is 2.20. The molecule has 6 heteroatoms. The lowest BCUT2D eigenvalue weighted by atomic mass is 10.1. The van der Waals surface area contributed by atoms with Gasteiger partial charge in [-0.3, -0.25) is 4.79 Å². The fourth-order valence-corrected chi connectivity index (χ4v) is 2.52. The zero-order valence-corrected chi connectivity index (χ0v) is 14.2. The number of nitrogens with zero attached hydrogens (tertiary/aromatic N) is 2. The summed E-state index contributed by atoms with van der Waals surface area (Å²) >= 11 is 11.8. The predicted octanol–water partition coefficient (Wildman–Crippen LogP) is 4.47. The molecule has 0 N–H and O–H groups in total. The Hall–Kier alpha value is -2.30. The van der Waals surface area contributed by atoms with Gasteiger partial charge in [-0.25, -0.2) is 4.68 Å². The van der Waals surface area contributed by atoms with Crippen molar-refractivity contribution >= 4 is 29.2 Å². The third-order valence-corrected chi connectivity index (χ3v) is 4.18. The normalized spacial score (nSPS) is 10.6. The van der Waals surface area contributed by atoms with Crippen LogP contribution >= 0.6 is 23.2 Å². The van der Waals surface area contributed by atoms with Gasteiger partial charge < -0.3 is 4.74 Å². The van der Waals surface area contributed by atoms with Crippen molar-refractivity contribution in [3.8, 4) is 5.69 Å². The van der Waals surface area contributed by atoms with Crippen molar-refractivity contribution < 1.29 is 9.53 Å². The summed E-state index contributed by atoms with van der Waals surface area (Å²) in [5.74, 6) is -0.315. The number of aromatic nitrogens is 2. The molecule has 2 aromatic carbocycles. The van der Waals surface area contributed by atoms with E-state index in [4.69, 9.17) is 27.9 Å². The lowest BCUT2D eigenvalue weighted by Crippen LogP contribution is -2.08. The molecule has 4 nitrogen and oxygen atoms in total. The van der Waals surface area contributed by atoms with Crippen LogP contribution in [0.2, 0.25) is 10.0 Å². The van der Waals surface area contributed by atoms with E-state index in [0.29, 0.717) is 10.0 Å². The molecule has 0 fully saturated rings. The minimum Gasteiger partial charge on any atom is -0.461 e. The Labute approximate surface area is 149 Å². The van der Waals surface area contributed by atoms with E-state index >= 15 is 0 Å². The van der Waals surface area contributed by atoms with Crippen LogP contribution in [0.4, 0.5) is 0 Å². The lowest BCUT2D eigenvalue weighted by molar-refractivity contribution is -0.144. The highest BCUT2D eigenvalue weighted by Crippen LogP contribution is 2.23. The van der Waals surface area contributed by atoms with Crippen LogP contribution < -0.4 is 0 Å². The maximum atomic E-state index is 11.9. The molecule has 0 aliphatic carbocycles. The molecule has 3 rings (SSSR count). The summed E-state index contributed by atoms with van der Waals surface area (Å²) in [6, 6.07) is 14.6. The third kappa shape index (κ3) is 4.16. The van der Waals surface area contributed by atoms with Crippen molar-refractivity contribution in [2.45, 2.75) is 13.0 Å². The van der Waals surface area contributed by atoms with Gasteiger partial charge >= 0.3 is 5.97 Å². The Morgan fingerprint density at radius 3 is 2.46 bits per heavy atom. The summed E-state index contributed by atoms with van der Waals surface area (Å²) in [4.78, 5) is 11.9. The molecule has 0 saturated heterocycles. The number of hydrogen-bond donors (Lipinski definition) is 0. The number of benzene rings is 2. The van der Waals surface area contributed by atoms with Gasteiger partial charge in [0.05, 0.1) is 22.2 Å². The first-order valence-electron chi connectivity index (χ1n) is 7.30. The summed E-state index contributed by atoms with van der Waals surface area (Å²) in [7, 11) is 0. The van der Waals surface area contributed by atoms with Crippen molar-refractivity contribution in [1.82, 2.24) is 9.78 Å². The summed E-state index contributed by atoms with van der Waals surface area (Å²) in [6.07, 6.45) is 3.74. The SMILES string of the molecule is O=C(Cc1ccc(Cl)c(Cl)c1)OCc1ccc(-n2cccn2)cc1. The van der Waals surface area contributed by atoms with Crippen LogP contribution in [0.25, 0.3) is 5.69 Å². The number of ether oxygens (including phenoxy) is 1. The maximum Gasteiger partial charge on any atom is 0.310 e. The molecule has 0 saturated carbocycles. The zero-order chi connectivity index (χ0) is 16.9. The van der Waals surface area contributed by atoms with E-state index < -0.39 is 0 Å². The van der Waals surface area contributed by atoms with E-state index in [-0.39, 0.29) is 19.0 Å². The summed E-state index contributed by atoms with van der Waals surface area (Å²) in [6.45, 7) is 0.222. The van der Waals surface area contributed by atoms with Gasteiger partial charge in [-0.05, 0) is 41.5 Å². The molecular formula is C18H14Cl2N2O2. The quantitative estimate of drug-likeness (QED) is 0.630. The molecule has 0 spiro atoms. The monoisotopic (exact) mass is 360 g/mol. The van der Waals surface area contributed by atoms with Crippen molar-refractivity contribution in [2.24, 2.45) is 0 Å². The second kappa shape index (κ2) is 7.51. The molecule has 0 aliphatic heterocycles. The highest BCUT2D eigenvalue weighted by molar-refractivity contribution is 6.42. The third-order valence-electron chi connectivity index (χ3n) is 3.44. The van der Waals surface area contributed by atoms with E-state index in [0.717, 1.165) is 16.8 Å². The van der Waals surface area contributed by atoms with Crippen LogP contribution in [-0.4, -0.2) is 15.7 Å². The summed E-state index contributed by atoms with van der Waals surface area (Å²) < 4.78 is 7.06. The predicted molar refractivity (Wildman–Crippen MR) is 93.5 cm³/mol. The average Bonchev–Trinajstić information content (AvgIpc) is 3.11. The number of rotatable bonds is 5. The standard InChI is InChI=1S/C18H14Cl2N2O2/c19-16-7-4-14(10-17(16)20)11-18(23)24-12-13-2-5-15(6-3-13)22-9-1-8-21-22/h1-10H,11-12H2. The second-order valence-electron chi connectivity index (χ2n) is 5.20. The van der Waals surface area contributed by atoms with Gasteiger partial charge in [-0.1, -0.05) is 41.4 Å². The number of carbonyl (C=O) groups is 1. The molecule has 0 amide bonds. The van der Waals surface area contributed by atoms with Crippen molar-refractivity contribution in [3.05, 3.63) is 82.1 Å². The lowest BCUT2D eigenvalue weighted by Gasteiger charge is -2.07. The van der Waals surface area contributed by atoms with Gasteiger partial charge in [0.2, 0.25) is 0 Å². The van der Waals surface area contributed by atoms with Crippen LogP contribution in [0.3, 0.4) is 0 Å². The molecule has 0 radical (unpaired) electrons. The fraction of sp³-hybridized carbons (Fsp3) is 0.111. The Morgan fingerprint density at radius 1 is 1.04 bits per heavy atom. The molecule has 24 heavy (non-hydrogen) atoms. The molecular weight excluding hydrogens is 347 g/mol. The summed E-state index contributed by atoms with van der Waals surface area (Å²) in [5.41, 5.74) is 2.63. The van der Waals surface area contributed by atoms with E-state index in [1.54, 1.807) is 29.1 Å². The first-order chi connectivity index (χ1) is 11.6. The van der Waals surface area contributed by atoms with E-state index in [1.807, 2.05) is 36.5 Å². The van der Waals surface area contributed by atoms with Gasteiger partial charge in [-0.2, -0.15) is 5.10 Å². The van der Waals surface area contributed by atoms with Crippen LogP contribution in [0.5, 0.6) is 0 Å². The Bertz CT molecular complexity index is 831. The van der Waals surface area contributed by atoms with E-state index in [9.17, 15) is 4.79 Å². The first-order valence-corrected chi connectivity index (χ1v) is 8.06. The Morgan fingerprint density at radius 2 is 1.79 bits per heavy atom. The van der Waals surface area contributed by atoms with Crippen molar-refractivity contribution in [2.75, 3.05) is 0 Å². The minimum absolute atomic E-state index is 0.155. The maximum absolute atomic E-state index is 11.9.